The second-order valence-electron chi connectivity index (χ2n) is 5.42. The number of nitrogens with one attached hydrogen (secondary N) is 1. The summed E-state index contributed by atoms with van der Waals surface area (Å²) in [5.41, 5.74) is 1.21. The Bertz CT molecular complexity index is 1040. The fourth-order valence-electron chi connectivity index (χ4n) is 2.58. The van der Waals surface area contributed by atoms with Crippen molar-refractivity contribution in [3.8, 4) is 0 Å². The number of hydrogen-bond acceptors (Lipinski definition) is 3. The Morgan fingerprint density at radius 2 is 1.67 bits per heavy atom. The normalized spacial score (nSPS) is 11.4. The Hall–Kier alpha value is -2.86. The molecule has 3 rings (SSSR count). The van der Waals surface area contributed by atoms with E-state index in [4.69, 9.17) is 5.11 Å². The number of carboxylic acids is 1. The molecule has 0 saturated carbocycles. The zero-order valence-electron chi connectivity index (χ0n) is 12.9. The average molecular weight is 341 g/mol. The summed E-state index contributed by atoms with van der Waals surface area (Å²) in [4.78, 5) is 11.2. The SMILES string of the molecule is Cc1ccc(S(=O)(=O)Nc2cccc(C(=O)O)c2)c2ccccc12. The molecule has 0 amide bonds. The Morgan fingerprint density at radius 1 is 0.958 bits per heavy atom. The highest BCUT2D eigenvalue weighted by Crippen LogP contribution is 2.27. The van der Waals surface area contributed by atoms with Crippen LogP contribution in [0.25, 0.3) is 10.8 Å². The van der Waals surface area contributed by atoms with Crippen molar-refractivity contribution < 1.29 is 18.3 Å². The van der Waals surface area contributed by atoms with Crippen LogP contribution in [-0.2, 0) is 10.0 Å². The van der Waals surface area contributed by atoms with E-state index in [0.29, 0.717) is 5.39 Å². The van der Waals surface area contributed by atoms with E-state index in [-0.39, 0.29) is 16.1 Å². The Balaban J connectivity index is 2.08. The molecule has 0 bridgehead atoms. The Kier molecular flexibility index (Phi) is 3.99. The highest BCUT2D eigenvalue weighted by molar-refractivity contribution is 7.93. The monoisotopic (exact) mass is 341 g/mol. The fourth-order valence-corrected chi connectivity index (χ4v) is 3.84. The van der Waals surface area contributed by atoms with Crippen molar-refractivity contribution in [2.24, 2.45) is 0 Å². The van der Waals surface area contributed by atoms with Crippen LogP contribution in [0.5, 0.6) is 0 Å². The van der Waals surface area contributed by atoms with Gasteiger partial charge in [0.25, 0.3) is 10.0 Å². The van der Waals surface area contributed by atoms with Gasteiger partial charge in [-0.3, -0.25) is 4.72 Å². The molecule has 0 fully saturated rings. The molecule has 6 heteroatoms. The fraction of sp³-hybridized carbons (Fsp3) is 0.0556. The van der Waals surface area contributed by atoms with E-state index >= 15 is 0 Å². The number of hydrogen-bond donors (Lipinski definition) is 2. The first kappa shape index (κ1) is 16.0. The van der Waals surface area contributed by atoms with E-state index < -0.39 is 16.0 Å². The number of rotatable bonds is 4. The lowest BCUT2D eigenvalue weighted by molar-refractivity contribution is 0.0697. The van der Waals surface area contributed by atoms with Gasteiger partial charge in [0, 0.05) is 11.1 Å². The minimum absolute atomic E-state index is 0.0176. The largest absolute Gasteiger partial charge is 0.478 e. The second-order valence-corrected chi connectivity index (χ2v) is 7.07. The van der Waals surface area contributed by atoms with Gasteiger partial charge in [-0.05, 0) is 42.1 Å². The molecule has 5 nitrogen and oxygen atoms in total. The third kappa shape index (κ3) is 2.96. The lowest BCUT2D eigenvalue weighted by Gasteiger charge is -2.12. The van der Waals surface area contributed by atoms with Crippen molar-refractivity contribution in [1.82, 2.24) is 0 Å². The maximum Gasteiger partial charge on any atom is 0.335 e. The molecule has 0 aliphatic carbocycles. The van der Waals surface area contributed by atoms with Gasteiger partial charge in [-0.2, -0.15) is 0 Å². The van der Waals surface area contributed by atoms with E-state index in [9.17, 15) is 13.2 Å². The smallest absolute Gasteiger partial charge is 0.335 e. The van der Waals surface area contributed by atoms with Crippen LogP contribution in [0.1, 0.15) is 15.9 Å². The average Bonchev–Trinajstić information content (AvgIpc) is 2.55. The quantitative estimate of drug-likeness (QED) is 0.759. The maximum absolute atomic E-state index is 12.7. The third-order valence-electron chi connectivity index (χ3n) is 3.75. The predicted molar refractivity (Wildman–Crippen MR) is 92.9 cm³/mol. The van der Waals surface area contributed by atoms with E-state index in [1.54, 1.807) is 24.3 Å². The topological polar surface area (TPSA) is 83.5 Å². The molecule has 0 radical (unpaired) electrons. The van der Waals surface area contributed by atoms with Crippen LogP contribution in [-0.4, -0.2) is 19.5 Å². The molecule has 0 unspecified atom stereocenters. The summed E-state index contributed by atoms with van der Waals surface area (Å²) in [5.74, 6) is -1.11. The second kappa shape index (κ2) is 5.98. The number of fused-ring (bicyclic) bond motifs is 1. The number of aryl methyl sites for hydroxylation is 1. The molecule has 0 aliphatic rings. The van der Waals surface area contributed by atoms with E-state index in [1.165, 1.54) is 24.3 Å². The summed E-state index contributed by atoms with van der Waals surface area (Å²) in [6.45, 7) is 1.92. The summed E-state index contributed by atoms with van der Waals surface area (Å²) in [5, 5.41) is 10.5. The summed E-state index contributed by atoms with van der Waals surface area (Å²) >= 11 is 0. The van der Waals surface area contributed by atoms with Crippen molar-refractivity contribution in [2.45, 2.75) is 11.8 Å². The lowest BCUT2D eigenvalue weighted by Crippen LogP contribution is -2.14. The van der Waals surface area contributed by atoms with Crippen LogP contribution in [0.4, 0.5) is 5.69 Å². The minimum atomic E-state index is -3.84. The first-order valence-electron chi connectivity index (χ1n) is 7.23. The molecule has 0 saturated heterocycles. The summed E-state index contributed by atoms with van der Waals surface area (Å²) in [7, 11) is -3.84. The van der Waals surface area contributed by atoms with Crippen molar-refractivity contribution in [3.05, 3.63) is 71.8 Å². The van der Waals surface area contributed by atoms with Crippen LogP contribution >= 0.6 is 0 Å². The van der Waals surface area contributed by atoms with Crippen molar-refractivity contribution in [1.29, 1.82) is 0 Å². The molecular formula is C18H15NO4S. The maximum atomic E-state index is 12.7. The Morgan fingerprint density at radius 3 is 2.38 bits per heavy atom. The predicted octanol–water partition coefficient (Wildman–Crippen LogP) is 3.65. The number of carbonyl (C=O) groups is 1. The van der Waals surface area contributed by atoms with E-state index in [0.717, 1.165) is 10.9 Å². The molecule has 0 heterocycles. The van der Waals surface area contributed by atoms with Crippen LogP contribution < -0.4 is 4.72 Å². The number of anilines is 1. The zero-order chi connectivity index (χ0) is 17.3. The first-order valence-corrected chi connectivity index (χ1v) is 8.71. The van der Waals surface area contributed by atoms with Crippen molar-refractivity contribution in [3.63, 3.8) is 0 Å². The van der Waals surface area contributed by atoms with Crippen LogP contribution in [0.15, 0.2) is 65.6 Å². The third-order valence-corrected chi connectivity index (χ3v) is 5.19. The van der Waals surface area contributed by atoms with Gasteiger partial charge in [-0.25, -0.2) is 13.2 Å². The standard InChI is InChI=1S/C18H15NO4S/c1-12-9-10-17(16-8-3-2-7-15(12)16)24(22,23)19-14-6-4-5-13(11-14)18(20)21/h2-11,19H,1H3,(H,20,21). The number of aromatic carboxylic acids is 1. The van der Waals surface area contributed by atoms with Gasteiger partial charge in [0.2, 0.25) is 0 Å². The molecule has 0 aromatic heterocycles. The molecule has 3 aromatic carbocycles. The Labute approximate surface area is 139 Å². The molecule has 0 spiro atoms. The van der Waals surface area contributed by atoms with Gasteiger partial charge in [0.15, 0.2) is 0 Å². The summed E-state index contributed by atoms with van der Waals surface area (Å²) < 4.78 is 27.9. The number of carboxylic acid groups (broad SMARTS) is 1. The van der Waals surface area contributed by atoms with Crippen molar-refractivity contribution in [2.75, 3.05) is 4.72 Å². The summed E-state index contributed by atoms with van der Waals surface area (Å²) in [6, 6.07) is 16.3. The highest BCUT2D eigenvalue weighted by Gasteiger charge is 2.18. The summed E-state index contributed by atoms with van der Waals surface area (Å²) in [6.07, 6.45) is 0. The van der Waals surface area contributed by atoms with Gasteiger partial charge in [-0.15, -0.1) is 0 Å². The van der Waals surface area contributed by atoms with Gasteiger partial charge < -0.3 is 5.11 Å². The molecule has 3 aromatic rings. The van der Waals surface area contributed by atoms with Crippen LogP contribution in [0, 0.1) is 6.92 Å². The highest BCUT2D eigenvalue weighted by atomic mass is 32.2. The number of benzene rings is 3. The van der Waals surface area contributed by atoms with Gasteiger partial charge >= 0.3 is 5.97 Å². The van der Waals surface area contributed by atoms with Gasteiger partial charge in [0.1, 0.15) is 0 Å². The molecule has 2 N–H and O–H groups in total. The van der Waals surface area contributed by atoms with Gasteiger partial charge in [-0.1, -0.05) is 36.4 Å². The molecular weight excluding hydrogens is 326 g/mol. The lowest BCUT2D eigenvalue weighted by atomic mass is 10.1. The molecule has 24 heavy (non-hydrogen) atoms. The molecule has 122 valence electrons. The van der Waals surface area contributed by atoms with Crippen LogP contribution in [0.3, 0.4) is 0 Å². The minimum Gasteiger partial charge on any atom is -0.478 e. The van der Waals surface area contributed by atoms with Crippen molar-refractivity contribution >= 4 is 32.5 Å². The first-order chi connectivity index (χ1) is 11.4. The van der Waals surface area contributed by atoms with E-state index in [2.05, 4.69) is 4.72 Å². The number of sulfonamides is 1. The zero-order valence-corrected chi connectivity index (χ0v) is 13.7. The van der Waals surface area contributed by atoms with Crippen LogP contribution in [0.2, 0.25) is 0 Å². The van der Waals surface area contributed by atoms with E-state index in [1.807, 2.05) is 19.1 Å². The molecule has 0 aliphatic heterocycles. The molecule has 0 atom stereocenters. The van der Waals surface area contributed by atoms with Gasteiger partial charge in [0.05, 0.1) is 10.5 Å².